The van der Waals surface area contributed by atoms with Crippen LogP contribution in [0.2, 0.25) is 0 Å². The SMILES string of the molecule is COc1ncccc1CN1CCn2c(-c3cccnc3)cnc2C1. The molecule has 3 aromatic rings. The lowest BCUT2D eigenvalue weighted by molar-refractivity contribution is 0.206. The van der Waals surface area contributed by atoms with Crippen molar-refractivity contribution < 1.29 is 4.74 Å². The molecule has 0 aromatic carbocycles. The van der Waals surface area contributed by atoms with Gasteiger partial charge in [-0.3, -0.25) is 9.88 Å². The Kier molecular flexibility index (Phi) is 3.96. The summed E-state index contributed by atoms with van der Waals surface area (Å²) in [7, 11) is 1.66. The fourth-order valence-electron chi connectivity index (χ4n) is 3.16. The van der Waals surface area contributed by atoms with Crippen LogP contribution in [0.4, 0.5) is 0 Å². The predicted molar refractivity (Wildman–Crippen MR) is 90.4 cm³/mol. The van der Waals surface area contributed by atoms with Gasteiger partial charge in [-0.15, -0.1) is 0 Å². The summed E-state index contributed by atoms with van der Waals surface area (Å²) in [5.41, 5.74) is 3.35. The van der Waals surface area contributed by atoms with Crippen molar-refractivity contribution in [2.24, 2.45) is 0 Å². The van der Waals surface area contributed by atoms with Gasteiger partial charge in [-0.2, -0.15) is 0 Å². The molecule has 0 N–H and O–H groups in total. The molecule has 24 heavy (non-hydrogen) atoms. The highest BCUT2D eigenvalue weighted by Gasteiger charge is 2.21. The summed E-state index contributed by atoms with van der Waals surface area (Å²) in [6.45, 7) is 3.52. The molecule has 6 heteroatoms. The van der Waals surface area contributed by atoms with Gasteiger partial charge in [0, 0.05) is 49.4 Å². The number of imidazole rings is 1. The predicted octanol–water partition coefficient (Wildman–Crippen LogP) is 2.36. The van der Waals surface area contributed by atoms with Crippen LogP contribution in [0, 0.1) is 0 Å². The molecule has 4 heterocycles. The van der Waals surface area contributed by atoms with Gasteiger partial charge >= 0.3 is 0 Å². The first-order chi connectivity index (χ1) is 11.8. The highest BCUT2D eigenvalue weighted by atomic mass is 16.5. The van der Waals surface area contributed by atoms with E-state index in [0.29, 0.717) is 5.88 Å². The number of aromatic nitrogens is 4. The Hall–Kier alpha value is -2.73. The Morgan fingerprint density at radius 2 is 2.00 bits per heavy atom. The second kappa shape index (κ2) is 6.41. The first kappa shape index (κ1) is 14.8. The third-order valence-electron chi connectivity index (χ3n) is 4.34. The summed E-state index contributed by atoms with van der Waals surface area (Å²) < 4.78 is 7.64. The molecule has 6 nitrogen and oxygen atoms in total. The Balaban J connectivity index is 1.54. The van der Waals surface area contributed by atoms with E-state index in [1.54, 1.807) is 19.5 Å². The zero-order valence-corrected chi connectivity index (χ0v) is 13.6. The maximum atomic E-state index is 5.35. The lowest BCUT2D eigenvalue weighted by Gasteiger charge is -2.28. The molecule has 0 saturated carbocycles. The molecule has 0 spiro atoms. The van der Waals surface area contributed by atoms with E-state index in [-0.39, 0.29) is 0 Å². The first-order valence-electron chi connectivity index (χ1n) is 8.00. The fraction of sp³-hybridized carbons (Fsp3) is 0.278. The zero-order valence-electron chi connectivity index (χ0n) is 13.6. The molecule has 0 fully saturated rings. The molecule has 0 aliphatic carbocycles. The number of fused-ring (bicyclic) bond motifs is 1. The molecule has 0 saturated heterocycles. The largest absolute Gasteiger partial charge is 0.481 e. The number of rotatable bonds is 4. The Morgan fingerprint density at radius 3 is 2.83 bits per heavy atom. The van der Waals surface area contributed by atoms with Crippen molar-refractivity contribution in [2.45, 2.75) is 19.6 Å². The number of ether oxygens (including phenoxy) is 1. The normalized spacial score (nSPS) is 14.4. The molecule has 3 aromatic heterocycles. The van der Waals surface area contributed by atoms with Crippen LogP contribution >= 0.6 is 0 Å². The van der Waals surface area contributed by atoms with Gasteiger partial charge in [0.25, 0.3) is 0 Å². The van der Waals surface area contributed by atoms with Crippen molar-refractivity contribution in [3.05, 3.63) is 60.4 Å². The highest BCUT2D eigenvalue weighted by molar-refractivity contribution is 5.58. The van der Waals surface area contributed by atoms with E-state index in [2.05, 4.69) is 36.6 Å². The molecule has 4 rings (SSSR count). The summed E-state index contributed by atoms with van der Waals surface area (Å²) in [6.07, 6.45) is 7.38. The van der Waals surface area contributed by atoms with Gasteiger partial charge in [0.15, 0.2) is 0 Å². The number of pyridine rings is 2. The highest BCUT2D eigenvalue weighted by Crippen LogP contribution is 2.25. The fourth-order valence-corrected chi connectivity index (χ4v) is 3.16. The zero-order chi connectivity index (χ0) is 16.4. The summed E-state index contributed by atoms with van der Waals surface area (Å²) in [6, 6.07) is 8.04. The third kappa shape index (κ3) is 2.76. The van der Waals surface area contributed by atoms with Crippen molar-refractivity contribution in [1.29, 1.82) is 0 Å². The Bertz CT molecular complexity index is 830. The topological polar surface area (TPSA) is 56.1 Å². The van der Waals surface area contributed by atoms with E-state index in [1.807, 2.05) is 24.5 Å². The quantitative estimate of drug-likeness (QED) is 0.738. The van der Waals surface area contributed by atoms with Gasteiger partial charge in [0.1, 0.15) is 5.82 Å². The molecule has 122 valence electrons. The van der Waals surface area contributed by atoms with Crippen molar-refractivity contribution in [2.75, 3.05) is 13.7 Å². The van der Waals surface area contributed by atoms with E-state index in [9.17, 15) is 0 Å². The van der Waals surface area contributed by atoms with Crippen LogP contribution in [0.15, 0.2) is 49.1 Å². The summed E-state index contributed by atoms with van der Waals surface area (Å²) >= 11 is 0. The molecule has 1 aliphatic heterocycles. The van der Waals surface area contributed by atoms with Gasteiger partial charge < -0.3 is 9.30 Å². The van der Waals surface area contributed by atoms with Crippen LogP contribution in [-0.2, 0) is 19.6 Å². The first-order valence-corrected chi connectivity index (χ1v) is 8.00. The molecular weight excluding hydrogens is 302 g/mol. The van der Waals surface area contributed by atoms with E-state index >= 15 is 0 Å². The molecule has 0 bridgehead atoms. The molecule has 0 atom stereocenters. The molecule has 0 radical (unpaired) electrons. The van der Waals surface area contributed by atoms with Crippen LogP contribution in [-0.4, -0.2) is 38.1 Å². The third-order valence-corrected chi connectivity index (χ3v) is 4.34. The molecule has 0 amide bonds. The van der Waals surface area contributed by atoms with Crippen molar-refractivity contribution >= 4 is 0 Å². The summed E-state index contributed by atoms with van der Waals surface area (Å²) in [5.74, 6) is 1.78. The number of nitrogens with zero attached hydrogens (tertiary/aromatic N) is 5. The second-order valence-corrected chi connectivity index (χ2v) is 5.84. The van der Waals surface area contributed by atoms with E-state index in [0.717, 1.165) is 48.8 Å². The van der Waals surface area contributed by atoms with E-state index in [4.69, 9.17) is 4.74 Å². The van der Waals surface area contributed by atoms with Crippen LogP contribution in [0.3, 0.4) is 0 Å². The minimum atomic E-state index is 0.697. The lowest BCUT2D eigenvalue weighted by Crippen LogP contribution is -2.33. The van der Waals surface area contributed by atoms with Crippen molar-refractivity contribution in [1.82, 2.24) is 24.4 Å². The molecule has 1 aliphatic rings. The van der Waals surface area contributed by atoms with Gasteiger partial charge in [-0.05, 0) is 18.2 Å². The number of methoxy groups -OCH3 is 1. The monoisotopic (exact) mass is 321 g/mol. The number of hydrogen-bond acceptors (Lipinski definition) is 5. The minimum absolute atomic E-state index is 0.697. The Labute approximate surface area is 140 Å². The van der Waals surface area contributed by atoms with Crippen LogP contribution in [0.25, 0.3) is 11.3 Å². The standard InChI is InChI=1S/C18H19N5O/c1-24-18-15(5-3-7-20-18)12-22-8-9-23-16(11-21-17(23)13-22)14-4-2-6-19-10-14/h2-7,10-11H,8-9,12-13H2,1H3. The van der Waals surface area contributed by atoms with Crippen LogP contribution in [0.1, 0.15) is 11.4 Å². The van der Waals surface area contributed by atoms with Crippen LogP contribution in [0.5, 0.6) is 5.88 Å². The van der Waals surface area contributed by atoms with Gasteiger partial charge in [-0.25, -0.2) is 9.97 Å². The summed E-state index contributed by atoms with van der Waals surface area (Å²) in [5, 5.41) is 0. The average molecular weight is 321 g/mol. The van der Waals surface area contributed by atoms with E-state index < -0.39 is 0 Å². The van der Waals surface area contributed by atoms with Crippen molar-refractivity contribution in [3.8, 4) is 17.1 Å². The smallest absolute Gasteiger partial charge is 0.217 e. The van der Waals surface area contributed by atoms with Crippen molar-refractivity contribution in [3.63, 3.8) is 0 Å². The lowest BCUT2D eigenvalue weighted by atomic mass is 10.2. The maximum Gasteiger partial charge on any atom is 0.217 e. The molecule has 0 unspecified atom stereocenters. The van der Waals surface area contributed by atoms with Crippen LogP contribution < -0.4 is 4.74 Å². The van der Waals surface area contributed by atoms with Gasteiger partial charge in [0.2, 0.25) is 5.88 Å². The maximum absolute atomic E-state index is 5.35. The number of hydrogen-bond donors (Lipinski definition) is 0. The summed E-state index contributed by atoms with van der Waals surface area (Å²) in [4.78, 5) is 15.5. The average Bonchev–Trinajstić information content (AvgIpc) is 3.06. The van der Waals surface area contributed by atoms with Gasteiger partial charge in [0.05, 0.1) is 25.5 Å². The second-order valence-electron chi connectivity index (χ2n) is 5.84. The Morgan fingerprint density at radius 1 is 1.08 bits per heavy atom. The molecular formula is C18H19N5O. The van der Waals surface area contributed by atoms with Gasteiger partial charge in [-0.1, -0.05) is 6.07 Å². The van der Waals surface area contributed by atoms with E-state index in [1.165, 1.54) is 0 Å². The minimum Gasteiger partial charge on any atom is -0.481 e.